The van der Waals surface area contributed by atoms with Crippen LogP contribution in [-0.2, 0) is 0 Å². The smallest absolute Gasteiger partial charge is 0.275 e. The topological polar surface area (TPSA) is 64.1 Å². The molecule has 0 unspecified atom stereocenters. The zero-order valence-electron chi connectivity index (χ0n) is 9.25. The largest absolute Gasteiger partial charge is 0.481 e. The first-order chi connectivity index (χ1) is 8.29. The first kappa shape index (κ1) is 11.1. The van der Waals surface area contributed by atoms with Crippen molar-refractivity contribution in [2.24, 2.45) is 0 Å². The van der Waals surface area contributed by atoms with Crippen molar-refractivity contribution in [1.82, 2.24) is 9.97 Å². The van der Waals surface area contributed by atoms with E-state index in [4.69, 9.17) is 4.74 Å². The van der Waals surface area contributed by atoms with Gasteiger partial charge in [-0.1, -0.05) is 12.1 Å². The molecule has 0 aromatic carbocycles. The van der Waals surface area contributed by atoms with Gasteiger partial charge in [0.2, 0.25) is 5.88 Å². The van der Waals surface area contributed by atoms with Gasteiger partial charge in [-0.3, -0.25) is 4.79 Å². The van der Waals surface area contributed by atoms with Crippen LogP contribution in [0.1, 0.15) is 10.5 Å². The van der Waals surface area contributed by atoms with Crippen molar-refractivity contribution in [2.45, 2.75) is 0 Å². The number of rotatable bonds is 3. The maximum Gasteiger partial charge on any atom is 0.275 e. The van der Waals surface area contributed by atoms with Crippen LogP contribution >= 0.6 is 0 Å². The summed E-state index contributed by atoms with van der Waals surface area (Å²) in [4.78, 5) is 19.8. The fourth-order valence-corrected chi connectivity index (χ4v) is 1.27. The van der Waals surface area contributed by atoms with Gasteiger partial charge in [0.05, 0.1) is 7.11 Å². The second-order valence-electron chi connectivity index (χ2n) is 3.23. The number of amides is 1. The number of anilines is 1. The molecule has 2 heterocycles. The molecule has 0 aliphatic carbocycles. The zero-order chi connectivity index (χ0) is 12.1. The van der Waals surface area contributed by atoms with E-state index < -0.39 is 0 Å². The Balaban J connectivity index is 2.14. The van der Waals surface area contributed by atoms with Gasteiger partial charge in [0.25, 0.3) is 5.91 Å². The molecule has 0 saturated heterocycles. The molecule has 0 aliphatic heterocycles. The Hall–Kier alpha value is -2.43. The van der Waals surface area contributed by atoms with E-state index in [1.807, 2.05) is 0 Å². The third-order valence-corrected chi connectivity index (χ3v) is 2.07. The van der Waals surface area contributed by atoms with Gasteiger partial charge in [0.1, 0.15) is 11.5 Å². The van der Waals surface area contributed by atoms with Gasteiger partial charge in [-0.05, 0) is 18.2 Å². The van der Waals surface area contributed by atoms with Crippen molar-refractivity contribution >= 4 is 11.7 Å². The number of hydrogen-bond donors (Lipinski definition) is 1. The fourth-order valence-electron chi connectivity index (χ4n) is 1.27. The summed E-state index contributed by atoms with van der Waals surface area (Å²) < 4.78 is 4.95. The normalized spacial score (nSPS) is 9.71. The van der Waals surface area contributed by atoms with Crippen molar-refractivity contribution in [3.63, 3.8) is 0 Å². The molecule has 86 valence electrons. The molecular weight excluding hydrogens is 218 g/mol. The van der Waals surface area contributed by atoms with Gasteiger partial charge >= 0.3 is 0 Å². The first-order valence-corrected chi connectivity index (χ1v) is 5.03. The SMILES string of the molecule is COc1cccc(C(=O)Nc2ccccn2)n1. The first-order valence-electron chi connectivity index (χ1n) is 5.03. The van der Waals surface area contributed by atoms with Crippen molar-refractivity contribution in [3.8, 4) is 5.88 Å². The quantitative estimate of drug-likeness (QED) is 0.870. The molecule has 0 aliphatic rings. The molecule has 5 nitrogen and oxygen atoms in total. The summed E-state index contributed by atoms with van der Waals surface area (Å²) in [6, 6.07) is 10.3. The predicted molar refractivity (Wildman–Crippen MR) is 63.0 cm³/mol. The summed E-state index contributed by atoms with van der Waals surface area (Å²) in [6.45, 7) is 0. The Morgan fingerprint density at radius 3 is 2.82 bits per heavy atom. The Morgan fingerprint density at radius 1 is 1.24 bits per heavy atom. The van der Waals surface area contributed by atoms with Crippen molar-refractivity contribution in [1.29, 1.82) is 0 Å². The minimum absolute atomic E-state index is 0.287. The molecule has 2 aromatic rings. The number of nitrogens with one attached hydrogen (secondary N) is 1. The number of carbonyl (C=O) groups excluding carboxylic acids is 1. The summed E-state index contributed by atoms with van der Waals surface area (Å²) >= 11 is 0. The van der Waals surface area contributed by atoms with Crippen LogP contribution in [0, 0.1) is 0 Å². The van der Waals surface area contributed by atoms with Gasteiger partial charge in [0, 0.05) is 12.3 Å². The molecule has 0 spiro atoms. The second kappa shape index (κ2) is 5.07. The lowest BCUT2D eigenvalue weighted by atomic mass is 10.3. The number of methoxy groups -OCH3 is 1. The predicted octanol–water partition coefficient (Wildman–Crippen LogP) is 1.74. The third-order valence-electron chi connectivity index (χ3n) is 2.07. The Kier molecular flexibility index (Phi) is 3.30. The molecule has 2 rings (SSSR count). The monoisotopic (exact) mass is 229 g/mol. The summed E-state index contributed by atoms with van der Waals surface area (Å²) in [5, 5.41) is 2.64. The minimum Gasteiger partial charge on any atom is -0.481 e. The number of hydrogen-bond acceptors (Lipinski definition) is 4. The lowest BCUT2D eigenvalue weighted by molar-refractivity contribution is 0.102. The lowest BCUT2D eigenvalue weighted by Crippen LogP contribution is -2.14. The number of pyridine rings is 2. The fraction of sp³-hybridized carbons (Fsp3) is 0.0833. The summed E-state index contributed by atoms with van der Waals surface area (Å²) in [6.07, 6.45) is 1.61. The highest BCUT2D eigenvalue weighted by molar-refractivity contribution is 6.02. The number of aromatic nitrogens is 2. The van der Waals surface area contributed by atoms with Crippen LogP contribution in [-0.4, -0.2) is 23.0 Å². The zero-order valence-corrected chi connectivity index (χ0v) is 9.25. The van der Waals surface area contributed by atoms with Crippen LogP contribution in [0.4, 0.5) is 5.82 Å². The van der Waals surface area contributed by atoms with E-state index in [-0.39, 0.29) is 11.6 Å². The summed E-state index contributed by atoms with van der Waals surface area (Å²) in [5.41, 5.74) is 0.287. The molecule has 5 heteroatoms. The average Bonchev–Trinajstić information content (AvgIpc) is 2.40. The van der Waals surface area contributed by atoms with E-state index in [2.05, 4.69) is 15.3 Å². The molecule has 1 amide bonds. The summed E-state index contributed by atoms with van der Waals surface area (Å²) in [5.74, 6) is 0.573. The van der Waals surface area contributed by atoms with Crippen molar-refractivity contribution in [3.05, 3.63) is 48.3 Å². The minimum atomic E-state index is -0.317. The molecule has 2 aromatic heterocycles. The van der Waals surface area contributed by atoms with Crippen molar-refractivity contribution in [2.75, 3.05) is 12.4 Å². The number of carbonyl (C=O) groups is 1. The molecule has 0 bridgehead atoms. The van der Waals surface area contributed by atoms with Gasteiger partial charge in [0.15, 0.2) is 0 Å². The molecule has 0 fully saturated rings. The van der Waals surface area contributed by atoms with Crippen molar-refractivity contribution < 1.29 is 9.53 Å². The van der Waals surface area contributed by atoms with E-state index in [0.717, 1.165) is 0 Å². The second-order valence-corrected chi connectivity index (χ2v) is 3.23. The maximum absolute atomic E-state index is 11.8. The van der Waals surface area contributed by atoms with E-state index >= 15 is 0 Å². The maximum atomic E-state index is 11.8. The van der Waals surface area contributed by atoms with Crippen LogP contribution in [0.5, 0.6) is 5.88 Å². The molecule has 0 saturated carbocycles. The Labute approximate surface area is 98.5 Å². The van der Waals surface area contributed by atoms with Gasteiger partial charge in [-0.15, -0.1) is 0 Å². The molecular formula is C12H11N3O2. The lowest BCUT2D eigenvalue weighted by Gasteiger charge is -2.04. The average molecular weight is 229 g/mol. The van der Waals surface area contributed by atoms with Crippen LogP contribution < -0.4 is 10.1 Å². The highest BCUT2D eigenvalue weighted by atomic mass is 16.5. The van der Waals surface area contributed by atoms with Gasteiger partial charge < -0.3 is 10.1 Å². The summed E-state index contributed by atoms with van der Waals surface area (Å²) in [7, 11) is 1.50. The van der Waals surface area contributed by atoms with Gasteiger partial charge in [-0.25, -0.2) is 9.97 Å². The van der Waals surface area contributed by atoms with Crippen LogP contribution in [0.25, 0.3) is 0 Å². The highest BCUT2D eigenvalue weighted by Crippen LogP contribution is 2.08. The number of nitrogens with zero attached hydrogens (tertiary/aromatic N) is 2. The highest BCUT2D eigenvalue weighted by Gasteiger charge is 2.08. The van der Waals surface area contributed by atoms with E-state index in [9.17, 15) is 4.79 Å². The molecule has 0 atom stereocenters. The van der Waals surface area contributed by atoms with Crippen LogP contribution in [0.2, 0.25) is 0 Å². The molecule has 17 heavy (non-hydrogen) atoms. The molecule has 1 N–H and O–H groups in total. The van der Waals surface area contributed by atoms with E-state index in [1.165, 1.54) is 7.11 Å². The van der Waals surface area contributed by atoms with E-state index in [0.29, 0.717) is 11.7 Å². The van der Waals surface area contributed by atoms with Crippen LogP contribution in [0.3, 0.4) is 0 Å². The van der Waals surface area contributed by atoms with E-state index in [1.54, 1.807) is 42.6 Å². The standard InChI is InChI=1S/C12H11N3O2/c1-17-11-7-4-5-9(14-11)12(16)15-10-6-2-3-8-13-10/h2-8H,1H3,(H,13,15,16). The van der Waals surface area contributed by atoms with Crippen LogP contribution in [0.15, 0.2) is 42.6 Å². The van der Waals surface area contributed by atoms with Gasteiger partial charge in [-0.2, -0.15) is 0 Å². The Morgan fingerprint density at radius 2 is 2.12 bits per heavy atom. The number of ether oxygens (including phenoxy) is 1. The molecule has 0 radical (unpaired) electrons. The Bertz CT molecular complexity index is 514. The third kappa shape index (κ3) is 2.78.